The second-order valence-electron chi connectivity index (χ2n) is 7.58. The van der Waals surface area contributed by atoms with E-state index >= 15 is 0 Å². The molecule has 4 aromatic rings. The number of nitrogens with one attached hydrogen (secondary N) is 2. The summed E-state index contributed by atoms with van der Waals surface area (Å²) in [6.45, 7) is 3.27. The first kappa shape index (κ1) is 21.8. The van der Waals surface area contributed by atoms with Gasteiger partial charge in [0.1, 0.15) is 11.6 Å². The number of aryl methyl sites for hydroxylation is 1. The van der Waals surface area contributed by atoms with Crippen molar-refractivity contribution in [1.29, 1.82) is 0 Å². The number of hydrogen-bond donors (Lipinski definition) is 2. The summed E-state index contributed by atoms with van der Waals surface area (Å²) >= 11 is 5.78. The van der Waals surface area contributed by atoms with Crippen LogP contribution in [0.15, 0.2) is 67.0 Å². The number of methoxy groups -OCH3 is 1. The molecule has 0 spiro atoms. The largest absolute Gasteiger partial charge is 0.495 e. The van der Waals surface area contributed by atoms with E-state index in [4.69, 9.17) is 17.0 Å². The van der Waals surface area contributed by atoms with Crippen LogP contribution in [0.5, 0.6) is 5.75 Å². The van der Waals surface area contributed by atoms with Crippen molar-refractivity contribution in [3.63, 3.8) is 0 Å². The van der Waals surface area contributed by atoms with Crippen LogP contribution in [0, 0.1) is 12.7 Å². The topological polar surface area (TPSA) is 53.2 Å². The molecule has 7 heteroatoms. The molecule has 0 amide bonds. The Hall–Kier alpha value is -3.45. The average molecular weight is 449 g/mol. The predicted molar refractivity (Wildman–Crippen MR) is 131 cm³/mol. The standard InChI is InChI=1S/C25H25FN4OS/c1-17-20(21-14-19(26)9-10-22(21)28-17)11-13-30(16-18-6-5-12-27-15-18)25(32)29-23-7-3-4-8-24(23)31-2/h3-10,12,14-15,28H,11,13,16H2,1-2H3,(H,29,32). The quantitative estimate of drug-likeness (QED) is 0.368. The molecular weight excluding hydrogens is 423 g/mol. The maximum Gasteiger partial charge on any atom is 0.173 e. The first-order valence-corrected chi connectivity index (χ1v) is 10.8. The number of rotatable bonds is 7. The lowest BCUT2D eigenvalue weighted by Gasteiger charge is -2.26. The van der Waals surface area contributed by atoms with Crippen LogP contribution >= 0.6 is 12.2 Å². The van der Waals surface area contributed by atoms with Gasteiger partial charge < -0.3 is 19.9 Å². The number of nitrogens with zero attached hydrogens (tertiary/aromatic N) is 2. The van der Waals surface area contributed by atoms with Crippen molar-refractivity contribution in [2.45, 2.75) is 19.9 Å². The molecule has 0 bridgehead atoms. The highest BCUT2D eigenvalue weighted by Crippen LogP contribution is 2.26. The van der Waals surface area contributed by atoms with E-state index in [9.17, 15) is 4.39 Å². The predicted octanol–water partition coefficient (Wildman–Crippen LogP) is 5.46. The number of aromatic amines is 1. The number of benzene rings is 2. The smallest absolute Gasteiger partial charge is 0.173 e. The van der Waals surface area contributed by atoms with E-state index in [1.807, 2.05) is 49.5 Å². The van der Waals surface area contributed by atoms with Crippen molar-refractivity contribution in [2.75, 3.05) is 19.0 Å². The van der Waals surface area contributed by atoms with Gasteiger partial charge in [0.15, 0.2) is 5.11 Å². The van der Waals surface area contributed by atoms with Gasteiger partial charge in [-0.15, -0.1) is 0 Å². The molecule has 2 aromatic carbocycles. The van der Waals surface area contributed by atoms with Gasteiger partial charge in [-0.25, -0.2) is 4.39 Å². The maximum atomic E-state index is 13.9. The molecule has 0 saturated heterocycles. The Morgan fingerprint density at radius 2 is 2.03 bits per heavy atom. The molecule has 164 valence electrons. The molecular formula is C25H25FN4OS. The lowest BCUT2D eigenvalue weighted by Crippen LogP contribution is -2.36. The number of thiocarbonyl (C=S) groups is 1. The average Bonchev–Trinajstić information content (AvgIpc) is 3.11. The second-order valence-corrected chi connectivity index (χ2v) is 7.97. The van der Waals surface area contributed by atoms with Crippen LogP contribution in [-0.2, 0) is 13.0 Å². The van der Waals surface area contributed by atoms with Gasteiger partial charge in [-0.3, -0.25) is 4.98 Å². The highest BCUT2D eigenvalue weighted by Gasteiger charge is 2.16. The van der Waals surface area contributed by atoms with E-state index in [1.165, 1.54) is 6.07 Å². The van der Waals surface area contributed by atoms with Gasteiger partial charge in [-0.1, -0.05) is 18.2 Å². The highest BCUT2D eigenvalue weighted by atomic mass is 32.1. The number of fused-ring (bicyclic) bond motifs is 1. The Kier molecular flexibility index (Phi) is 6.66. The first-order valence-electron chi connectivity index (χ1n) is 10.4. The van der Waals surface area contributed by atoms with Crippen molar-refractivity contribution in [2.24, 2.45) is 0 Å². The molecule has 0 aliphatic heterocycles. The molecule has 4 rings (SSSR count). The number of pyridine rings is 1. The van der Waals surface area contributed by atoms with Crippen molar-refractivity contribution in [1.82, 2.24) is 14.9 Å². The van der Waals surface area contributed by atoms with Crippen molar-refractivity contribution in [3.05, 3.63) is 89.6 Å². The summed E-state index contributed by atoms with van der Waals surface area (Å²) in [5.74, 6) is 0.484. The number of halogens is 1. The minimum Gasteiger partial charge on any atom is -0.495 e. The lowest BCUT2D eigenvalue weighted by atomic mass is 10.1. The van der Waals surface area contributed by atoms with Gasteiger partial charge >= 0.3 is 0 Å². The molecule has 0 saturated carbocycles. The molecule has 2 aromatic heterocycles. The van der Waals surface area contributed by atoms with E-state index < -0.39 is 0 Å². The molecule has 0 aliphatic rings. The third kappa shape index (κ3) is 4.89. The molecule has 0 radical (unpaired) electrons. The van der Waals surface area contributed by atoms with Crippen molar-refractivity contribution >= 4 is 33.9 Å². The number of H-pyrrole nitrogens is 1. The van der Waals surface area contributed by atoms with E-state index in [0.717, 1.165) is 39.2 Å². The molecule has 32 heavy (non-hydrogen) atoms. The zero-order valence-electron chi connectivity index (χ0n) is 18.1. The van der Waals surface area contributed by atoms with Gasteiger partial charge in [0, 0.05) is 42.1 Å². The molecule has 0 atom stereocenters. The van der Waals surface area contributed by atoms with Gasteiger partial charge in [-0.2, -0.15) is 0 Å². The Bertz CT molecular complexity index is 1230. The van der Waals surface area contributed by atoms with E-state index in [0.29, 0.717) is 24.6 Å². The number of anilines is 1. The third-order valence-corrected chi connectivity index (χ3v) is 5.81. The number of hydrogen-bond acceptors (Lipinski definition) is 3. The number of para-hydroxylation sites is 2. The summed E-state index contributed by atoms with van der Waals surface area (Å²) in [5.41, 5.74) is 4.93. The van der Waals surface area contributed by atoms with Crippen LogP contribution in [-0.4, -0.2) is 33.6 Å². The summed E-state index contributed by atoms with van der Waals surface area (Å²) in [7, 11) is 1.63. The van der Waals surface area contributed by atoms with Crippen molar-refractivity contribution in [3.8, 4) is 5.75 Å². The van der Waals surface area contributed by atoms with Crippen LogP contribution in [0.25, 0.3) is 10.9 Å². The molecule has 2 heterocycles. The third-order valence-electron chi connectivity index (χ3n) is 5.45. The molecule has 0 aliphatic carbocycles. The summed E-state index contributed by atoms with van der Waals surface area (Å²) in [5, 5.41) is 4.81. The minimum absolute atomic E-state index is 0.238. The normalized spacial score (nSPS) is 10.8. The zero-order valence-corrected chi connectivity index (χ0v) is 18.9. The van der Waals surface area contributed by atoms with Crippen LogP contribution in [0.2, 0.25) is 0 Å². The Morgan fingerprint density at radius 1 is 1.19 bits per heavy atom. The minimum atomic E-state index is -0.238. The fourth-order valence-corrected chi connectivity index (χ4v) is 4.10. The van der Waals surface area contributed by atoms with Gasteiger partial charge in [0.05, 0.1) is 12.8 Å². The molecule has 5 nitrogen and oxygen atoms in total. The SMILES string of the molecule is COc1ccccc1NC(=S)N(CCc1c(C)[nH]c2ccc(F)cc12)Cc1cccnc1. The van der Waals surface area contributed by atoms with E-state index in [2.05, 4.69) is 20.2 Å². The van der Waals surface area contributed by atoms with Crippen LogP contribution in [0.3, 0.4) is 0 Å². The van der Waals surface area contributed by atoms with E-state index in [-0.39, 0.29) is 5.82 Å². The fourth-order valence-electron chi connectivity index (χ4n) is 3.83. The van der Waals surface area contributed by atoms with Crippen molar-refractivity contribution < 1.29 is 9.13 Å². The van der Waals surface area contributed by atoms with E-state index in [1.54, 1.807) is 25.4 Å². The monoisotopic (exact) mass is 448 g/mol. The van der Waals surface area contributed by atoms with Crippen LogP contribution in [0.4, 0.5) is 10.1 Å². The van der Waals surface area contributed by atoms with Gasteiger partial charge in [-0.05, 0) is 73.1 Å². The lowest BCUT2D eigenvalue weighted by molar-refractivity contribution is 0.413. The molecule has 0 unspecified atom stereocenters. The first-order chi connectivity index (χ1) is 15.5. The second kappa shape index (κ2) is 9.78. The van der Waals surface area contributed by atoms with Gasteiger partial charge in [0.25, 0.3) is 0 Å². The summed E-state index contributed by atoms with van der Waals surface area (Å²) in [4.78, 5) is 9.67. The number of aromatic nitrogens is 2. The summed E-state index contributed by atoms with van der Waals surface area (Å²) in [6, 6.07) is 16.5. The van der Waals surface area contributed by atoms with Crippen LogP contribution < -0.4 is 10.1 Å². The van der Waals surface area contributed by atoms with Gasteiger partial charge in [0.2, 0.25) is 0 Å². The number of ether oxygens (including phenoxy) is 1. The molecule has 0 fully saturated rings. The fraction of sp³-hybridized carbons (Fsp3) is 0.200. The Labute approximate surface area is 192 Å². The summed E-state index contributed by atoms with van der Waals surface area (Å²) in [6.07, 6.45) is 4.30. The maximum absolute atomic E-state index is 13.9. The highest BCUT2D eigenvalue weighted by molar-refractivity contribution is 7.80. The Balaban J connectivity index is 1.58. The molecule has 2 N–H and O–H groups in total. The summed E-state index contributed by atoms with van der Waals surface area (Å²) < 4.78 is 19.3. The zero-order chi connectivity index (χ0) is 22.5. The van der Waals surface area contributed by atoms with Crippen LogP contribution in [0.1, 0.15) is 16.8 Å². The Morgan fingerprint density at radius 3 is 2.81 bits per heavy atom.